The number of carbonyl (C=O) groups is 1. The van der Waals surface area contributed by atoms with Gasteiger partial charge in [-0.2, -0.15) is 5.10 Å². The molecule has 0 fully saturated rings. The highest BCUT2D eigenvalue weighted by molar-refractivity contribution is 7.71. The van der Waals surface area contributed by atoms with Gasteiger partial charge in [-0.1, -0.05) is 36.4 Å². The second kappa shape index (κ2) is 8.87. The molecule has 0 radical (unpaired) electrons. The highest BCUT2D eigenvalue weighted by Gasteiger charge is 2.08. The molecule has 0 atom stereocenters. The summed E-state index contributed by atoms with van der Waals surface area (Å²) in [5.74, 6) is -0.137. The van der Waals surface area contributed by atoms with Gasteiger partial charge in [-0.05, 0) is 41.5 Å². The van der Waals surface area contributed by atoms with Crippen molar-refractivity contribution < 1.29 is 4.79 Å². The Morgan fingerprint density at radius 3 is 2.77 bits per heavy atom. The van der Waals surface area contributed by atoms with Crippen LogP contribution in [-0.2, 0) is 24.4 Å². The molecule has 0 spiro atoms. The van der Waals surface area contributed by atoms with E-state index in [1.807, 2.05) is 53.3 Å². The molecule has 1 amide bonds. The standard InChI is InChI=1S/C22H21N5O2S/c28-20(9-12-27-21(29)18-7-1-2-8-19(18)25-22(27)30)23-14-16-5-3-6-17(13-16)15-26-11-4-10-24-26/h1-8,10-11,13H,9,12,14-15H2,(H,23,28)(H,25,30). The zero-order valence-electron chi connectivity index (χ0n) is 16.2. The van der Waals surface area contributed by atoms with E-state index < -0.39 is 0 Å². The molecular weight excluding hydrogens is 398 g/mol. The topological polar surface area (TPSA) is 84.7 Å². The van der Waals surface area contributed by atoms with E-state index in [0.717, 1.165) is 11.1 Å². The number of nitrogens with zero attached hydrogens (tertiary/aromatic N) is 3. The maximum Gasteiger partial charge on any atom is 0.262 e. The minimum atomic E-state index is -0.187. The van der Waals surface area contributed by atoms with Gasteiger partial charge in [0.15, 0.2) is 4.77 Å². The van der Waals surface area contributed by atoms with Gasteiger partial charge in [0.1, 0.15) is 0 Å². The van der Waals surface area contributed by atoms with Crippen LogP contribution < -0.4 is 10.9 Å². The molecule has 8 heteroatoms. The third-order valence-electron chi connectivity index (χ3n) is 4.84. The number of para-hydroxylation sites is 1. The van der Waals surface area contributed by atoms with E-state index in [4.69, 9.17) is 12.2 Å². The van der Waals surface area contributed by atoms with Crippen molar-refractivity contribution in [3.8, 4) is 0 Å². The molecule has 0 aliphatic rings. The molecule has 0 aliphatic heterocycles. The lowest BCUT2D eigenvalue weighted by Gasteiger charge is -2.10. The highest BCUT2D eigenvalue weighted by atomic mass is 32.1. The van der Waals surface area contributed by atoms with Gasteiger partial charge in [-0.25, -0.2) is 0 Å². The second-order valence-electron chi connectivity index (χ2n) is 6.98. The molecular formula is C22H21N5O2S. The number of amides is 1. The normalized spacial score (nSPS) is 10.9. The lowest BCUT2D eigenvalue weighted by molar-refractivity contribution is -0.121. The molecule has 2 heterocycles. The summed E-state index contributed by atoms with van der Waals surface area (Å²) < 4.78 is 3.60. The fourth-order valence-corrected chi connectivity index (χ4v) is 3.61. The van der Waals surface area contributed by atoms with Crippen molar-refractivity contribution in [2.24, 2.45) is 0 Å². The number of aromatic amines is 1. The number of nitrogens with one attached hydrogen (secondary N) is 2. The van der Waals surface area contributed by atoms with E-state index >= 15 is 0 Å². The van der Waals surface area contributed by atoms with Crippen LogP contribution in [-0.4, -0.2) is 25.2 Å². The molecule has 152 valence electrons. The summed E-state index contributed by atoms with van der Waals surface area (Å²) in [4.78, 5) is 28.0. The SMILES string of the molecule is O=C(CCn1c(=S)[nH]c2ccccc2c1=O)NCc1cccc(Cn2cccn2)c1. The molecule has 0 bridgehead atoms. The average Bonchev–Trinajstić information content (AvgIpc) is 3.25. The van der Waals surface area contributed by atoms with Crippen molar-refractivity contribution in [3.05, 3.63) is 93.2 Å². The first kappa shape index (κ1) is 19.8. The molecule has 0 saturated heterocycles. The quantitative estimate of drug-likeness (QED) is 0.451. The van der Waals surface area contributed by atoms with E-state index in [0.29, 0.717) is 28.8 Å². The predicted octanol–water partition coefficient (Wildman–Crippen LogP) is 3.01. The monoisotopic (exact) mass is 419 g/mol. The van der Waals surface area contributed by atoms with Crippen LogP contribution in [0.4, 0.5) is 0 Å². The highest BCUT2D eigenvalue weighted by Crippen LogP contribution is 2.08. The Bertz CT molecular complexity index is 1290. The van der Waals surface area contributed by atoms with Crippen molar-refractivity contribution >= 4 is 29.0 Å². The van der Waals surface area contributed by atoms with Crippen LogP contribution in [0.5, 0.6) is 0 Å². The van der Waals surface area contributed by atoms with Crippen LogP contribution >= 0.6 is 12.2 Å². The third kappa shape index (κ3) is 4.55. The summed E-state index contributed by atoms with van der Waals surface area (Å²) in [6.45, 7) is 1.33. The molecule has 4 rings (SSSR count). The van der Waals surface area contributed by atoms with Gasteiger partial charge >= 0.3 is 0 Å². The van der Waals surface area contributed by atoms with Crippen molar-refractivity contribution in [1.82, 2.24) is 24.6 Å². The lowest BCUT2D eigenvalue weighted by atomic mass is 10.1. The van der Waals surface area contributed by atoms with E-state index in [2.05, 4.69) is 15.4 Å². The number of benzene rings is 2. The van der Waals surface area contributed by atoms with Gasteiger partial charge in [0.05, 0.1) is 17.4 Å². The minimum absolute atomic E-state index is 0.137. The molecule has 7 nitrogen and oxygen atoms in total. The molecule has 0 aliphatic carbocycles. The number of aromatic nitrogens is 4. The third-order valence-corrected chi connectivity index (χ3v) is 5.16. The minimum Gasteiger partial charge on any atom is -0.352 e. The van der Waals surface area contributed by atoms with Crippen molar-refractivity contribution in [3.63, 3.8) is 0 Å². The smallest absolute Gasteiger partial charge is 0.262 e. The number of rotatable bonds is 7. The van der Waals surface area contributed by atoms with Gasteiger partial charge in [0, 0.05) is 31.9 Å². The fourth-order valence-electron chi connectivity index (χ4n) is 3.32. The van der Waals surface area contributed by atoms with E-state index in [1.165, 1.54) is 4.57 Å². The second-order valence-corrected chi connectivity index (χ2v) is 7.37. The first-order valence-electron chi connectivity index (χ1n) is 9.64. The summed E-state index contributed by atoms with van der Waals surface area (Å²) >= 11 is 5.29. The Balaban J connectivity index is 1.36. The summed E-state index contributed by atoms with van der Waals surface area (Å²) in [5, 5.41) is 7.68. The van der Waals surface area contributed by atoms with E-state index in [9.17, 15) is 9.59 Å². The Morgan fingerprint density at radius 1 is 1.10 bits per heavy atom. The average molecular weight is 420 g/mol. The number of H-pyrrole nitrogens is 1. The van der Waals surface area contributed by atoms with Crippen molar-refractivity contribution in [1.29, 1.82) is 0 Å². The molecule has 30 heavy (non-hydrogen) atoms. The summed E-state index contributed by atoms with van der Waals surface area (Å²) in [6, 6.07) is 17.1. The first-order valence-corrected chi connectivity index (χ1v) is 10.0. The van der Waals surface area contributed by atoms with Crippen LogP contribution in [0.3, 0.4) is 0 Å². The van der Waals surface area contributed by atoms with Gasteiger partial charge in [0.2, 0.25) is 5.91 Å². The Morgan fingerprint density at radius 2 is 1.93 bits per heavy atom. The van der Waals surface area contributed by atoms with Crippen LogP contribution in [0, 0.1) is 4.77 Å². The summed E-state index contributed by atoms with van der Waals surface area (Å²) in [5.41, 5.74) is 2.63. The molecule has 2 aromatic heterocycles. The van der Waals surface area contributed by atoms with Crippen LogP contribution in [0.15, 0.2) is 71.8 Å². The van der Waals surface area contributed by atoms with Gasteiger partial charge in [-0.3, -0.25) is 18.8 Å². The summed E-state index contributed by atoms with van der Waals surface area (Å²) in [7, 11) is 0. The van der Waals surface area contributed by atoms with Gasteiger partial charge in [0.25, 0.3) is 5.56 Å². The number of hydrogen-bond acceptors (Lipinski definition) is 4. The maximum atomic E-state index is 12.6. The van der Waals surface area contributed by atoms with Crippen LogP contribution in [0.25, 0.3) is 10.9 Å². The van der Waals surface area contributed by atoms with E-state index in [1.54, 1.807) is 18.3 Å². The molecule has 2 aromatic carbocycles. The molecule has 0 saturated carbocycles. The molecule has 0 unspecified atom stereocenters. The maximum absolute atomic E-state index is 12.6. The zero-order chi connectivity index (χ0) is 20.9. The van der Waals surface area contributed by atoms with Crippen molar-refractivity contribution in [2.45, 2.75) is 26.1 Å². The summed E-state index contributed by atoms with van der Waals surface area (Å²) in [6.07, 6.45) is 3.83. The van der Waals surface area contributed by atoms with Crippen LogP contribution in [0.2, 0.25) is 0 Å². The largest absolute Gasteiger partial charge is 0.352 e. The van der Waals surface area contributed by atoms with Gasteiger partial charge < -0.3 is 10.3 Å². The number of hydrogen-bond donors (Lipinski definition) is 2. The number of carbonyl (C=O) groups excluding carboxylic acids is 1. The zero-order valence-corrected chi connectivity index (χ0v) is 17.1. The predicted molar refractivity (Wildman–Crippen MR) is 118 cm³/mol. The molecule has 4 aromatic rings. The first-order chi connectivity index (χ1) is 14.6. The van der Waals surface area contributed by atoms with E-state index in [-0.39, 0.29) is 24.4 Å². The Hall–Kier alpha value is -3.52. The fraction of sp³-hybridized carbons (Fsp3) is 0.182. The van der Waals surface area contributed by atoms with Crippen molar-refractivity contribution in [2.75, 3.05) is 0 Å². The Kier molecular flexibility index (Phi) is 5.85. The Labute approximate surface area is 178 Å². The lowest BCUT2D eigenvalue weighted by Crippen LogP contribution is -2.28. The number of fused-ring (bicyclic) bond motifs is 1. The van der Waals surface area contributed by atoms with Crippen LogP contribution in [0.1, 0.15) is 17.5 Å². The van der Waals surface area contributed by atoms with Gasteiger partial charge in [-0.15, -0.1) is 0 Å². The molecule has 2 N–H and O–H groups in total.